The van der Waals surface area contributed by atoms with Gasteiger partial charge in [-0.15, -0.1) is 0 Å². The molecule has 0 bridgehead atoms. The minimum Gasteiger partial charge on any atom is -0.294 e. The zero-order valence-corrected chi connectivity index (χ0v) is 9.35. The molecule has 0 heterocycles. The Bertz CT molecular complexity index is 434. The highest BCUT2D eigenvalue weighted by Gasteiger charge is 2.05. The van der Waals surface area contributed by atoms with Crippen LogP contribution in [0.4, 0.5) is 0 Å². The van der Waals surface area contributed by atoms with Gasteiger partial charge in [0, 0.05) is 6.04 Å². The Morgan fingerprint density at radius 2 is 1.79 bits per heavy atom. The highest BCUT2D eigenvalue weighted by Crippen LogP contribution is 2.24. The first-order chi connectivity index (χ1) is 6.83. The van der Waals surface area contributed by atoms with Gasteiger partial charge >= 0.3 is 0 Å². The molecule has 2 rings (SSSR count). The topological polar surface area (TPSA) is 12.0 Å². The predicted octanol–water partition coefficient (Wildman–Crippen LogP) is 3.28. The molecule has 2 atom stereocenters. The van der Waals surface area contributed by atoms with Crippen molar-refractivity contribution in [2.24, 2.45) is 0 Å². The molecule has 1 nitrogen and oxygen atoms in total. The van der Waals surface area contributed by atoms with E-state index < -0.39 is 0 Å². The van der Waals surface area contributed by atoms with Crippen molar-refractivity contribution in [2.45, 2.75) is 13.0 Å². The molecule has 72 valence electrons. The summed E-state index contributed by atoms with van der Waals surface area (Å²) >= 11 is 0. The molecule has 0 spiro atoms. The summed E-state index contributed by atoms with van der Waals surface area (Å²) in [5.74, 6) is 0. The van der Waals surface area contributed by atoms with Gasteiger partial charge in [-0.05, 0) is 23.3 Å². The van der Waals surface area contributed by atoms with Crippen molar-refractivity contribution in [3.8, 4) is 0 Å². The molecule has 0 aliphatic heterocycles. The minimum atomic E-state index is 0.367. The van der Waals surface area contributed by atoms with Crippen molar-refractivity contribution in [3.63, 3.8) is 0 Å². The minimum absolute atomic E-state index is 0.367. The molecule has 0 saturated heterocycles. The average Bonchev–Trinajstić information content (AvgIpc) is 2.27. The quantitative estimate of drug-likeness (QED) is 0.738. The van der Waals surface area contributed by atoms with Crippen LogP contribution in [0.5, 0.6) is 0 Å². The van der Waals surface area contributed by atoms with Crippen molar-refractivity contribution < 1.29 is 0 Å². The summed E-state index contributed by atoms with van der Waals surface area (Å²) in [4.78, 5) is 0. The molecule has 2 heteroatoms. The van der Waals surface area contributed by atoms with Crippen molar-refractivity contribution in [3.05, 3.63) is 48.0 Å². The average molecular weight is 203 g/mol. The fourth-order valence-corrected chi connectivity index (χ4v) is 1.90. The second-order valence-corrected chi connectivity index (χ2v) is 3.79. The van der Waals surface area contributed by atoms with Gasteiger partial charge in [-0.25, -0.2) is 0 Å². The van der Waals surface area contributed by atoms with Crippen LogP contribution in [0.2, 0.25) is 0 Å². The van der Waals surface area contributed by atoms with Gasteiger partial charge in [-0.2, -0.15) is 0 Å². The third kappa shape index (κ3) is 1.66. The number of nitrogens with one attached hydrogen (secondary N) is 1. The zero-order valence-electron chi connectivity index (χ0n) is 8.20. The first-order valence-corrected chi connectivity index (χ1v) is 5.34. The van der Waals surface area contributed by atoms with Crippen LogP contribution in [0.25, 0.3) is 10.8 Å². The van der Waals surface area contributed by atoms with Crippen LogP contribution in [0, 0.1) is 0 Å². The molecule has 0 aliphatic carbocycles. The molecule has 0 radical (unpaired) electrons. The lowest BCUT2D eigenvalue weighted by molar-refractivity contribution is 0.762. The second kappa shape index (κ2) is 4.08. The van der Waals surface area contributed by atoms with Gasteiger partial charge in [0.05, 0.1) is 0 Å². The smallest absolute Gasteiger partial charge is 0.0329 e. The maximum absolute atomic E-state index is 3.19. The largest absolute Gasteiger partial charge is 0.294 e. The summed E-state index contributed by atoms with van der Waals surface area (Å²) in [5.41, 5.74) is 1.35. The Balaban J connectivity index is 2.65. The van der Waals surface area contributed by atoms with Gasteiger partial charge in [0.1, 0.15) is 0 Å². The molecule has 2 aromatic rings. The predicted molar refractivity (Wildman–Crippen MR) is 65.2 cm³/mol. The lowest BCUT2D eigenvalue weighted by Gasteiger charge is -2.13. The van der Waals surface area contributed by atoms with Crippen molar-refractivity contribution in [2.75, 3.05) is 0 Å². The third-order valence-electron chi connectivity index (χ3n) is 2.54. The van der Waals surface area contributed by atoms with Crippen LogP contribution in [0.1, 0.15) is 18.5 Å². The van der Waals surface area contributed by atoms with Gasteiger partial charge in [0.2, 0.25) is 0 Å². The van der Waals surface area contributed by atoms with Crippen LogP contribution in [-0.4, -0.2) is 0 Å². The Hall–Kier alpha value is -0.910. The van der Waals surface area contributed by atoms with Gasteiger partial charge in [0.25, 0.3) is 0 Å². The van der Waals surface area contributed by atoms with Gasteiger partial charge in [-0.3, -0.25) is 5.09 Å². The highest BCUT2D eigenvalue weighted by molar-refractivity contribution is 7.13. The van der Waals surface area contributed by atoms with Crippen LogP contribution < -0.4 is 5.09 Å². The Labute approximate surface area is 86.8 Å². The first kappa shape index (κ1) is 9.64. The molecule has 0 saturated carbocycles. The Morgan fingerprint density at radius 3 is 2.57 bits per heavy atom. The third-order valence-corrected chi connectivity index (χ3v) is 3.04. The molecule has 1 N–H and O–H groups in total. The standard InChI is InChI=1S/C12H14NP/c1-9(13-14)11-8-4-6-10-5-2-3-7-12(10)11/h2-9,13H,14H2,1H3/t9-/m1/s1. The molecule has 0 fully saturated rings. The second-order valence-electron chi connectivity index (χ2n) is 3.46. The summed E-state index contributed by atoms with van der Waals surface area (Å²) in [5, 5.41) is 5.82. The Kier molecular flexibility index (Phi) is 2.81. The van der Waals surface area contributed by atoms with E-state index in [-0.39, 0.29) is 0 Å². The maximum Gasteiger partial charge on any atom is 0.0329 e. The molecule has 0 aromatic heterocycles. The van der Waals surface area contributed by atoms with E-state index in [1.54, 1.807) is 0 Å². The van der Waals surface area contributed by atoms with Crippen LogP contribution in [0.3, 0.4) is 0 Å². The summed E-state index contributed by atoms with van der Waals surface area (Å²) in [6.07, 6.45) is 0. The lowest BCUT2D eigenvalue weighted by Crippen LogP contribution is -2.06. The molecule has 1 unspecified atom stereocenters. The molecular formula is C12H14NP. The molecule has 0 aliphatic rings. The maximum atomic E-state index is 3.19. The molecular weight excluding hydrogens is 189 g/mol. The summed E-state index contributed by atoms with van der Waals surface area (Å²) in [6, 6.07) is 15.3. The van der Waals surface area contributed by atoms with E-state index >= 15 is 0 Å². The number of rotatable bonds is 2. The molecule has 0 amide bonds. The lowest BCUT2D eigenvalue weighted by atomic mass is 10.0. The highest BCUT2D eigenvalue weighted by atomic mass is 31.0. The number of benzene rings is 2. The van der Waals surface area contributed by atoms with Crippen LogP contribution in [-0.2, 0) is 0 Å². The monoisotopic (exact) mass is 203 g/mol. The van der Waals surface area contributed by atoms with Crippen LogP contribution >= 0.6 is 9.39 Å². The first-order valence-electron chi connectivity index (χ1n) is 4.76. The summed E-state index contributed by atoms with van der Waals surface area (Å²) < 4.78 is 0. The van der Waals surface area contributed by atoms with E-state index in [1.807, 2.05) is 0 Å². The SMILES string of the molecule is C[C@@H](NP)c1cccc2ccccc12. The van der Waals surface area contributed by atoms with Gasteiger partial charge < -0.3 is 0 Å². The van der Waals surface area contributed by atoms with Crippen molar-refractivity contribution in [1.82, 2.24) is 5.09 Å². The summed E-state index contributed by atoms with van der Waals surface area (Å²) in [7, 11) is 2.57. The number of hydrogen-bond acceptors (Lipinski definition) is 1. The van der Waals surface area contributed by atoms with E-state index in [0.717, 1.165) is 0 Å². The van der Waals surface area contributed by atoms with Gasteiger partial charge in [0.15, 0.2) is 0 Å². The van der Waals surface area contributed by atoms with E-state index in [9.17, 15) is 0 Å². The zero-order chi connectivity index (χ0) is 9.97. The fraction of sp³-hybridized carbons (Fsp3) is 0.167. The molecule has 2 aromatic carbocycles. The number of hydrogen-bond donors (Lipinski definition) is 1. The normalized spacial score (nSPS) is 13.0. The van der Waals surface area contributed by atoms with E-state index in [1.165, 1.54) is 16.3 Å². The molecule has 14 heavy (non-hydrogen) atoms. The number of fused-ring (bicyclic) bond motifs is 1. The van der Waals surface area contributed by atoms with Crippen LogP contribution in [0.15, 0.2) is 42.5 Å². The van der Waals surface area contributed by atoms with Crippen molar-refractivity contribution >= 4 is 20.2 Å². The van der Waals surface area contributed by atoms with Gasteiger partial charge in [-0.1, -0.05) is 51.9 Å². The summed E-state index contributed by atoms with van der Waals surface area (Å²) in [6.45, 7) is 2.16. The van der Waals surface area contributed by atoms with E-state index in [4.69, 9.17) is 0 Å². The van der Waals surface area contributed by atoms with E-state index in [2.05, 4.69) is 63.9 Å². The van der Waals surface area contributed by atoms with E-state index in [0.29, 0.717) is 6.04 Å². The Morgan fingerprint density at radius 1 is 1.07 bits per heavy atom. The van der Waals surface area contributed by atoms with Crippen molar-refractivity contribution in [1.29, 1.82) is 0 Å². The fourth-order valence-electron chi connectivity index (χ4n) is 1.72.